The summed E-state index contributed by atoms with van der Waals surface area (Å²) in [6, 6.07) is 18.2. The molecule has 3 aromatic rings. The van der Waals surface area contributed by atoms with Crippen LogP contribution in [0.15, 0.2) is 78.9 Å². The van der Waals surface area contributed by atoms with E-state index in [0.717, 1.165) is 3.57 Å². The largest absolute Gasteiger partial charge is 0.508 e. The second kappa shape index (κ2) is 12.2. The van der Waals surface area contributed by atoms with Crippen LogP contribution in [0.5, 0.6) is 5.75 Å². The molecule has 0 fully saturated rings. The van der Waals surface area contributed by atoms with Gasteiger partial charge in [-0.15, -0.1) is 0 Å². The standard InChI is InChI=1S/C27H26IN3O5/c1-16(7-14-25(34)31-23-6-4-3-5-22(23)29)26(21-15-19(28)10-13-24(21)33)36-27(35)30-20-11-8-18(9-12-20)17(2)32/h3-16,26,33H,29H2,1-2H3,(H,30,35)(H,31,34)/b14-7+/t16-,26-/m1/s1. The van der Waals surface area contributed by atoms with Crippen molar-refractivity contribution < 1.29 is 24.2 Å². The summed E-state index contributed by atoms with van der Waals surface area (Å²) in [7, 11) is 0. The molecule has 0 saturated heterocycles. The summed E-state index contributed by atoms with van der Waals surface area (Å²) in [4.78, 5) is 36.6. The normalized spacial score (nSPS) is 12.5. The van der Waals surface area contributed by atoms with Crippen LogP contribution in [0, 0.1) is 9.49 Å². The third-order valence-electron chi connectivity index (χ3n) is 5.32. The Kier molecular flexibility index (Phi) is 9.07. The number of ketones is 1. The number of para-hydroxylation sites is 2. The number of amides is 2. The lowest BCUT2D eigenvalue weighted by molar-refractivity contribution is -0.111. The fraction of sp³-hybridized carbons (Fsp3) is 0.148. The second-order valence-electron chi connectivity index (χ2n) is 8.08. The van der Waals surface area contributed by atoms with Gasteiger partial charge in [-0.2, -0.15) is 0 Å². The Balaban J connectivity index is 1.77. The van der Waals surface area contributed by atoms with Crippen molar-refractivity contribution >= 4 is 57.4 Å². The van der Waals surface area contributed by atoms with Gasteiger partial charge < -0.3 is 20.9 Å². The van der Waals surface area contributed by atoms with Gasteiger partial charge >= 0.3 is 6.09 Å². The maximum atomic E-state index is 12.7. The van der Waals surface area contributed by atoms with E-state index >= 15 is 0 Å². The Labute approximate surface area is 222 Å². The number of benzene rings is 3. The highest BCUT2D eigenvalue weighted by molar-refractivity contribution is 14.1. The Morgan fingerprint density at radius 2 is 1.72 bits per heavy atom. The van der Waals surface area contributed by atoms with Crippen LogP contribution in [0.2, 0.25) is 0 Å². The summed E-state index contributed by atoms with van der Waals surface area (Å²) in [5.41, 5.74) is 8.15. The summed E-state index contributed by atoms with van der Waals surface area (Å²) < 4.78 is 6.54. The minimum absolute atomic E-state index is 0.0409. The Morgan fingerprint density at radius 3 is 2.39 bits per heavy atom. The number of nitrogen functional groups attached to an aromatic ring is 1. The topological polar surface area (TPSA) is 131 Å². The first kappa shape index (κ1) is 26.7. The van der Waals surface area contributed by atoms with Gasteiger partial charge in [0.1, 0.15) is 11.9 Å². The number of nitrogens with two attached hydrogens (primary N) is 1. The number of ether oxygens (including phenoxy) is 1. The molecular formula is C27H26IN3O5. The number of hydrogen-bond acceptors (Lipinski definition) is 6. The molecule has 3 aromatic carbocycles. The molecule has 0 spiro atoms. The van der Waals surface area contributed by atoms with Gasteiger partial charge in [0, 0.05) is 26.3 Å². The van der Waals surface area contributed by atoms with Gasteiger partial charge in [0.2, 0.25) is 5.91 Å². The minimum Gasteiger partial charge on any atom is -0.508 e. The second-order valence-corrected chi connectivity index (χ2v) is 9.33. The lowest BCUT2D eigenvalue weighted by Gasteiger charge is -2.24. The van der Waals surface area contributed by atoms with Crippen LogP contribution in [-0.4, -0.2) is 22.9 Å². The Hall–Kier alpha value is -3.86. The van der Waals surface area contributed by atoms with Crippen LogP contribution in [0.4, 0.5) is 21.9 Å². The monoisotopic (exact) mass is 599 g/mol. The molecule has 0 aliphatic rings. The van der Waals surface area contributed by atoms with Gasteiger partial charge in [0.25, 0.3) is 0 Å². The third kappa shape index (κ3) is 7.32. The number of carbonyl (C=O) groups excluding carboxylic acids is 3. The minimum atomic E-state index is -0.901. The van der Waals surface area contributed by atoms with Crippen molar-refractivity contribution in [2.24, 2.45) is 5.92 Å². The Bertz CT molecular complexity index is 1290. The molecule has 8 nitrogen and oxygen atoms in total. The van der Waals surface area contributed by atoms with Crippen molar-refractivity contribution in [1.29, 1.82) is 0 Å². The molecule has 9 heteroatoms. The summed E-state index contributed by atoms with van der Waals surface area (Å²) in [5.74, 6) is -1.02. The zero-order chi connectivity index (χ0) is 26.2. The zero-order valence-corrected chi connectivity index (χ0v) is 21.9. The maximum Gasteiger partial charge on any atom is 0.412 e. The number of aromatic hydroxyl groups is 1. The van der Waals surface area contributed by atoms with Crippen molar-refractivity contribution in [2.45, 2.75) is 20.0 Å². The highest BCUT2D eigenvalue weighted by atomic mass is 127. The van der Waals surface area contributed by atoms with Gasteiger partial charge in [-0.1, -0.05) is 25.1 Å². The predicted octanol–water partition coefficient (Wildman–Crippen LogP) is 5.90. The van der Waals surface area contributed by atoms with E-state index in [0.29, 0.717) is 28.2 Å². The predicted molar refractivity (Wildman–Crippen MR) is 148 cm³/mol. The molecule has 36 heavy (non-hydrogen) atoms. The van der Waals surface area contributed by atoms with Crippen molar-refractivity contribution in [1.82, 2.24) is 0 Å². The van der Waals surface area contributed by atoms with Crippen molar-refractivity contribution in [3.63, 3.8) is 0 Å². The van der Waals surface area contributed by atoms with E-state index in [1.54, 1.807) is 73.7 Å². The lowest BCUT2D eigenvalue weighted by atomic mass is 9.96. The molecule has 5 N–H and O–H groups in total. The quantitative estimate of drug-likeness (QED) is 0.110. The molecule has 0 unspecified atom stereocenters. The van der Waals surface area contributed by atoms with Crippen molar-refractivity contribution in [3.8, 4) is 5.75 Å². The number of phenols is 1. The Morgan fingerprint density at radius 1 is 1.03 bits per heavy atom. The van der Waals surface area contributed by atoms with Crippen LogP contribution in [0.3, 0.4) is 0 Å². The van der Waals surface area contributed by atoms with E-state index in [1.165, 1.54) is 19.1 Å². The lowest BCUT2D eigenvalue weighted by Crippen LogP contribution is -2.22. The third-order valence-corrected chi connectivity index (χ3v) is 5.99. The first-order valence-corrected chi connectivity index (χ1v) is 12.1. The first-order valence-electron chi connectivity index (χ1n) is 11.0. The molecule has 0 aromatic heterocycles. The van der Waals surface area contributed by atoms with Crippen molar-refractivity contribution in [2.75, 3.05) is 16.4 Å². The molecule has 0 saturated carbocycles. The number of rotatable bonds is 8. The molecule has 0 aliphatic heterocycles. The number of Topliss-reactive ketones (excluding diaryl/α,β-unsaturated/α-hetero) is 1. The number of phenolic OH excluding ortho intramolecular Hbond substituents is 1. The number of nitrogens with one attached hydrogen (secondary N) is 2. The number of hydrogen-bond donors (Lipinski definition) is 4. The van der Waals surface area contributed by atoms with Gasteiger partial charge in [-0.05, 0) is 90.2 Å². The molecular weight excluding hydrogens is 573 g/mol. The van der Waals surface area contributed by atoms with Crippen LogP contribution in [0.1, 0.15) is 35.9 Å². The molecule has 186 valence electrons. The fourth-order valence-corrected chi connectivity index (χ4v) is 3.90. The molecule has 3 rings (SSSR count). The van der Waals surface area contributed by atoms with Crippen LogP contribution >= 0.6 is 22.6 Å². The molecule has 2 atom stereocenters. The van der Waals surface area contributed by atoms with Crippen molar-refractivity contribution in [3.05, 3.63) is 93.6 Å². The summed E-state index contributed by atoms with van der Waals surface area (Å²) in [6.07, 6.45) is 1.27. The van der Waals surface area contributed by atoms with E-state index in [-0.39, 0.29) is 11.5 Å². The van der Waals surface area contributed by atoms with Crippen LogP contribution < -0.4 is 16.4 Å². The molecule has 0 aliphatic carbocycles. The average Bonchev–Trinajstić information content (AvgIpc) is 2.84. The number of halogens is 1. The number of anilines is 3. The van der Waals surface area contributed by atoms with Gasteiger partial charge in [-0.25, -0.2) is 4.79 Å². The van der Waals surface area contributed by atoms with E-state index in [2.05, 4.69) is 33.2 Å². The van der Waals surface area contributed by atoms with E-state index < -0.39 is 24.0 Å². The van der Waals surface area contributed by atoms with Gasteiger partial charge in [-0.3, -0.25) is 14.9 Å². The van der Waals surface area contributed by atoms with Gasteiger partial charge in [0.05, 0.1) is 11.4 Å². The molecule has 0 bridgehead atoms. The molecule has 0 radical (unpaired) electrons. The van der Waals surface area contributed by atoms with Crippen LogP contribution in [0.25, 0.3) is 0 Å². The van der Waals surface area contributed by atoms with E-state index in [9.17, 15) is 19.5 Å². The fourth-order valence-electron chi connectivity index (χ4n) is 3.38. The highest BCUT2D eigenvalue weighted by Crippen LogP contribution is 2.35. The average molecular weight is 599 g/mol. The highest BCUT2D eigenvalue weighted by Gasteiger charge is 2.25. The summed E-state index contributed by atoms with van der Waals surface area (Å²) >= 11 is 2.10. The molecule has 2 amide bonds. The summed E-state index contributed by atoms with van der Waals surface area (Å²) in [6.45, 7) is 3.22. The smallest absolute Gasteiger partial charge is 0.412 e. The maximum absolute atomic E-state index is 12.7. The molecule has 0 heterocycles. The van der Waals surface area contributed by atoms with Crippen LogP contribution in [-0.2, 0) is 9.53 Å². The van der Waals surface area contributed by atoms with E-state index in [1.807, 2.05) is 0 Å². The van der Waals surface area contributed by atoms with E-state index in [4.69, 9.17) is 10.5 Å². The SMILES string of the molecule is CC(=O)c1ccc(NC(=O)O[C@@H](c2cc(I)ccc2O)[C@H](C)/C=C/C(=O)Nc2ccccc2N)cc1. The first-order chi connectivity index (χ1) is 17.1. The number of carbonyl (C=O) groups is 3. The zero-order valence-electron chi connectivity index (χ0n) is 19.7. The van der Waals surface area contributed by atoms with Gasteiger partial charge in [0.15, 0.2) is 5.78 Å². The summed E-state index contributed by atoms with van der Waals surface area (Å²) in [5, 5.41) is 15.8.